The monoisotopic (exact) mass is 537 g/mol. The summed E-state index contributed by atoms with van der Waals surface area (Å²) < 4.78 is 8.08. The van der Waals surface area contributed by atoms with Gasteiger partial charge in [-0.05, 0) is 53.6 Å². The number of fused-ring (bicyclic) bond motifs is 1. The molecule has 1 fully saturated rings. The highest BCUT2D eigenvalue weighted by molar-refractivity contribution is 9.10. The van der Waals surface area contributed by atoms with E-state index in [2.05, 4.69) is 39.2 Å². The van der Waals surface area contributed by atoms with Gasteiger partial charge in [-0.15, -0.1) is 0 Å². The van der Waals surface area contributed by atoms with Crippen molar-refractivity contribution in [2.45, 2.75) is 56.0 Å². The van der Waals surface area contributed by atoms with Gasteiger partial charge in [-0.1, -0.05) is 36.4 Å². The number of benzene rings is 1. The molecule has 2 aromatic heterocycles. The first-order valence-electron chi connectivity index (χ1n) is 11.8. The van der Waals surface area contributed by atoms with Crippen LogP contribution in [0.5, 0.6) is 0 Å². The molecule has 0 spiro atoms. The molecule has 1 aromatic carbocycles. The topological polar surface area (TPSA) is 115 Å². The molecule has 1 aliphatic carbocycles. The Hall–Kier alpha value is -3.04. The van der Waals surface area contributed by atoms with Gasteiger partial charge >= 0.3 is 5.97 Å². The molecule has 3 aromatic rings. The minimum Gasteiger partial charge on any atom is -0.481 e. The molecule has 0 saturated heterocycles. The smallest absolute Gasteiger partial charge is 0.306 e. The fourth-order valence-electron chi connectivity index (χ4n) is 5.24. The Labute approximate surface area is 212 Å². The molecule has 1 aliphatic heterocycles. The van der Waals surface area contributed by atoms with E-state index in [9.17, 15) is 9.90 Å². The number of carboxylic acids is 1. The number of nitrogens with two attached hydrogens (primary N) is 1. The number of allylic oxidation sites excluding steroid dienone is 1. The summed E-state index contributed by atoms with van der Waals surface area (Å²) in [4.78, 5) is 21.1. The first kappa shape index (κ1) is 23.7. The lowest BCUT2D eigenvalue weighted by Gasteiger charge is -2.38. The van der Waals surface area contributed by atoms with Crippen molar-refractivity contribution in [1.82, 2.24) is 14.6 Å². The maximum Gasteiger partial charge on any atom is 0.306 e. The first-order chi connectivity index (χ1) is 16.9. The Morgan fingerprint density at radius 1 is 1.29 bits per heavy atom. The average Bonchev–Trinajstić information content (AvgIpc) is 3.31. The van der Waals surface area contributed by atoms with Crippen molar-refractivity contribution in [1.29, 1.82) is 0 Å². The van der Waals surface area contributed by atoms with E-state index >= 15 is 0 Å². The molecule has 0 amide bonds. The molecule has 5 rings (SSSR count). The SMILES string of the molecule is CO[C@]1(CC(=O)O)CC[C@H](c2nc3c(C4C=NC(c5ccccc5)=CC4)cnn3c(N)c2Br)CC1. The van der Waals surface area contributed by atoms with Crippen LogP contribution in [-0.4, -0.2) is 44.6 Å². The summed E-state index contributed by atoms with van der Waals surface area (Å²) in [5, 5.41) is 13.8. The maximum atomic E-state index is 11.3. The minimum absolute atomic E-state index is 0.0122. The molecule has 3 N–H and O–H groups in total. The number of nitrogen functional groups attached to an aromatic ring is 1. The van der Waals surface area contributed by atoms with Crippen molar-refractivity contribution >= 4 is 45.3 Å². The number of methoxy groups -OCH3 is 1. The number of aliphatic imine (C=N–C) groups is 1. The second kappa shape index (κ2) is 9.54. The van der Waals surface area contributed by atoms with Gasteiger partial charge in [0.2, 0.25) is 0 Å². The zero-order valence-electron chi connectivity index (χ0n) is 19.5. The summed E-state index contributed by atoms with van der Waals surface area (Å²) in [5.74, 6) is -0.110. The molecule has 8 nitrogen and oxygen atoms in total. The molecular formula is C26H28BrN5O3. The molecular weight excluding hydrogens is 510 g/mol. The van der Waals surface area contributed by atoms with Crippen molar-refractivity contribution in [2.75, 3.05) is 12.8 Å². The Balaban J connectivity index is 1.41. The number of aliphatic carboxylic acids is 1. The molecule has 3 heterocycles. The van der Waals surface area contributed by atoms with Gasteiger partial charge in [0.25, 0.3) is 0 Å². The van der Waals surface area contributed by atoms with Gasteiger partial charge < -0.3 is 15.6 Å². The molecule has 1 atom stereocenters. The zero-order chi connectivity index (χ0) is 24.6. The van der Waals surface area contributed by atoms with Crippen LogP contribution in [0.25, 0.3) is 11.3 Å². The molecule has 1 saturated carbocycles. The number of aromatic nitrogens is 3. The lowest BCUT2D eigenvalue weighted by atomic mass is 9.75. The van der Waals surface area contributed by atoms with Gasteiger partial charge in [0, 0.05) is 30.7 Å². The predicted molar refractivity (Wildman–Crippen MR) is 139 cm³/mol. The average molecular weight is 538 g/mol. The number of hydrogen-bond acceptors (Lipinski definition) is 6. The second-order valence-corrected chi connectivity index (χ2v) is 10.1. The van der Waals surface area contributed by atoms with Crippen LogP contribution in [0.3, 0.4) is 0 Å². The minimum atomic E-state index is -0.835. The summed E-state index contributed by atoms with van der Waals surface area (Å²) in [5.41, 5.74) is 10.6. The Kier molecular flexibility index (Phi) is 6.46. The Morgan fingerprint density at radius 2 is 2.03 bits per heavy atom. The number of carbonyl (C=O) groups is 1. The van der Waals surface area contributed by atoms with Crippen LogP contribution < -0.4 is 5.73 Å². The molecule has 0 radical (unpaired) electrons. The highest BCUT2D eigenvalue weighted by Gasteiger charge is 2.39. The van der Waals surface area contributed by atoms with Gasteiger partial charge in [0.15, 0.2) is 5.65 Å². The summed E-state index contributed by atoms with van der Waals surface area (Å²) in [6.07, 6.45) is 9.65. The highest BCUT2D eigenvalue weighted by atomic mass is 79.9. The molecule has 35 heavy (non-hydrogen) atoms. The number of rotatable bonds is 6. The second-order valence-electron chi connectivity index (χ2n) is 9.34. The number of hydrogen-bond donors (Lipinski definition) is 2. The van der Waals surface area contributed by atoms with Crippen molar-refractivity contribution in [3.05, 3.63) is 63.9 Å². The van der Waals surface area contributed by atoms with E-state index in [4.69, 9.17) is 20.4 Å². The Morgan fingerprint density at radius 3 is 2.66 bits per heavy atom. The van der Waals surface area contributed by atoms with Crippen LogP contribution in [-0.2, 0) is 9.53 Å². The highest BCUT2D eigenvalue weighted by Crippen LogP contribution is 2.44. The predicted octanol–water partition coefficient (Wildman–Crippen LogP) is 5.19. The van der Waals surface area contributed by atoms with E-state index in [1.54, 1.807) is 11.6 Å². The van der Waals surface area contributed by atoms with Gasteiger partial charge in [-0.3, -0.25) is 9.79 Å². The maximum absolute atomic E-state index is 11.3. The van der Waals surface area contributed by atoms with Crippen LogP contribution in [0.15, 0.2) is 52.1 Å². The quantitative estimate of drug-likeness (QED) is 0.447. The van der Waals surface area contributed by atoms with Gasteiger partial charge in [0.1, 0.15) is 5.82 Å². The Bertz CT molecular complexity index is 1310. The number of carboxylic acid groups (broad SMARTS) is 1. The fourth-order valence-corrected chi connectivity index (χ4v) is 5.82. The van der Waals surface area contributed by atoms with Crippen molar-refractivity contribution < 1.29 is 14.6 Å². The number of halogens is 1. The van der Waals surface area contributed by atoms with E-state index in [1.165, 1.54) is 0 Å². The summed E-state index contributed by atoms with van der Waals surface area (Å²) >= 11 is 3.65. The standard InChI is InChI=1S/C26H28BrN5O3/c1-35-26(13-21(33)34)11-9-17(10-12-26)23-22(27)24(28)32-25(31-23)19(15-30-32)18-7-8-20(29-14-18)16-5-3-2-4-6-16/h2-6,8,14-15,17-18H,7,9-13,28H2,1H3,(H,33,34)/t17-,18?,26+. The number of anilines is 1. The lowest BCUT2D eigenvalue weighted by molar-refractivity contribution is -0.146. The van der Waals surface area contributed by atoms with Crippen molar-refractivity contribution in [3.63, 3.8) is 0 Å². The van der Waals surface area contributed by atoms with E-state index in [0.717, 1.165) is 51.9 Å². The normalized spacial score (nSPS) is 24.5. The number of nitrogens with zero attached hydrogens (tertiary/aromatic N) is 4. The van der Waals surface area contributed by atoms with Crippen LogP contribution in [0.2, 0.25) is 0 Å². The fraction of sp³-hybridized carbons (Fsp3) is 0.385. The van der Waals surface area contributed by atoms with E-state index in [-0.39, 0.29) is 18.3 Å². The van der Waals surface area contributed by atoms with E-state index in [0.29, 0.717) is 18.7 Å². The molecule has 0 bridgehead atoms. The third-order valence-electron chi connectivity index (χ3n) is 7.29. The summed E-state index contributed by atoms with van der Waals surface area (Å²) in [6.45, 7) is 0. The third-order valence-corrected chi connectivity index (χ3v) is 8.11. The summed E-state index contributed by atoms with van der Waals surface area (Å²) in [7, 11) is 1.60. The van der Waals surface area contributed by atoms with Gasteiger partial charge in [0.05, 0.1) is 34.1 Å². The van der Waals surface area contributed by atoms with E-state index < -0.39 is 11.6 Å². The van der Waals surface area contributed by atoms with Crippen LogP contribution >= 0.6 is 15.9 Å². The van der Waals surface area contributed by atoms with Crippen LogP contribution in [0, 0.1) is 0 Å². The molecule has 2 aliphatic rings. The number of ether oxygens (including phenoxy) is 1. The molecule has 9 heteroatoms. The zero-order valence-corrected chi connectivity index (χ0v) is 21.1. The van der Waals surface area contributed by atoms with Gasteiger partial charge in [-0.2, -0.15) is 9.61 Å². The third kappa shape index (κ3) is 4.50. The van der Waals surface area contributed by atoms with Crippen LogP contribution in [0.4, 0.5) is 5.82 Å². The molecule has 1 unspecified atom stereocenters. The van der Waals surface area contributed by atoms with Crippen molar-refractivity contribution in [2.24, 2.45) is 4.99 Å². The van der Waals surface area contributed by atoms with Crippen LogP contribution in [0.1, 0.15) is 67.2 Å². The first-order valence-corrected chi connectivity index (χ1v) is 12.6. The van der Waals surface area contributed by atoms with Crippen molar-refractivity contribution in [3.8, 4) is 0 Å². The summed E-state index contributed by atoms with van der Waals surface area (Å²) in [6, 6.07) is 10.1. The lowest BCUT2D eigenvalue weighted by Crippen LogP contribution is -2.38. The molecule has 182 valence electrons. The largest absolute Gasteiger partial charge is 0.481 e. The van der Waals surface area contributed by atoms with E-state index in [1.807, 2.05) is 30.6 Å². The van der Waals surface area contributed by atoms with Gasteiger partial charge in [-0.25, -0.2) is 4.98 Å².